The van der Waals surface area contributed by atoms with E-state index < -0.39 is 10.0 Å². The summed E-state index contributed by atoms with van der Waals surface area (Å²) in [5, 5.41) is 5.01. The SMILES string of the molecule is CNCc1sc(S(=O)(=O)N(C)Cc2cccs2)cc1C. The van der Waals surface area contributed by atoms with E-state index in [-0.39, 0.29) is 0 Å². The molecule has 4 nitrogen and oxygen atoms in total. The van der Waals surface area contributed by atoms with Crippen molar-refractivity contribution < 1.29 is 8.42 Å². The maximum absolute atomic E-state index is 12.5. The third kappa shape index (κ3) is 3.29. The molecule has 0 amide bonds. The van der Waals surface area contributed by atoms with Crippen LogP contribution in [0.2, 0.25) is 0 Å². The van der Waals surface area contributed by atoms with E-state index in [1.807, 2.05) is 31.5 Å². The van der Waals surface area contributed by atoms with Crippen LogP contribution in [0.15, 0.2) is 27.8 Å². The van der Waals surface area contributed by atoms with Gasteiger partial charge < -0.3 is 5.32 Å². The van der Waals surface area contributed by atoms with Crippen LogP contribution in [0.25, 0.3) is 0 Å². The normalized spacial score (nSPS) is 12.2. The number of rotatable bonds is 6. The van der Waals surface area contributed by atoms with Crippen LogP contribution in [-0.4, -0.2) is 26.8 Å². The molecule has 0 radical (unpaired) electrons. The molecule has 110 valence electrons. The first-order valence-electron chi connectivity index (χ1n) is 6.17. The van der Waals surface area contributed by atoms with Crippen molar-refractivity contribution in [2.75, 3.05) is 14.1 Å². The van der Waals surface area contributed by atoms with Gasteiger partial charge in [0.05, 0.1) is 0 Å². The summed E-state index contributed by atoms with van der Waals surface area (Å²) in [7, 11) is 0.0799. The molecule has 0 aromatic carbocycles. The zero-order valence-corrected chi connectivity index (χ0v) is 14.2. The van der Waals surface area contributed by atoms with Crippen molar-refractivity contribution >= 4 is 32.7 Å². The average molecular weight is 331 g/mol. The van der Waals surface area contributed by atoms with Crippen molar-refractivity contribution in [3.63, 3.8) is 0 Å². The summed E-state index contributed by atoms with van der Waals surface area (Å²) in [6.45, 7) is 3.06. The molecule has 0 fully saturated rings. The Hall–Kier alpha value is -0.730. The summed E-state index contributed by atoms with van der Waals surface area (Å²) in [6, 6.07) is 5.64. The van der Waals surface area contributed by atoms with Crippen LogP contribution in [0.3, 0.4) is 0 Å². The van der Waals surface area contributed by atoms with Gasteiger partial charge in [-0.3, -0.25) is 0 Å². The van der Waals surface area contributed by atoms with Gasteiger partial charge in [-0.15, -0.1) is 22.7 Å². The second-order valence-electron chi connectivity index (χ2n) is 4.54. The minimum Gasteiger partial charge on any atom is -0.315 e. The molecule has 20 heavy (non-hydrogen) atoms. The molecular weight excluding hydrogens is 312 g/mol. The molecule has 7 heteroatoms. The minimum absolute atomic E-state index is 0.415. The number of thiophene rings is 2. The lowest BCUT2D eigenvalue weighted by Gasteiger charge is -2.14. The lowest BCUT2D eigenvalue weighted by molar-refractivity contribution is 0.471. The Kier molecular flexibility index (Phi) is 4.98. The van der Waals surface area contributed by atoms with E-state index in [1.54, 1.807) is 24.5 Å². The monoisotopic (exact) mass is 330 g/mol. The molecule has 1 N–H and O–H groups in total. The van der Waals surface area contributed by atoms with E-state index in [2.05, 4.69) is 5.32 Å². The van der Waals surface area contributed by atoms with E-state index in [9.17, 15) is 8.42 Å². The predicted molar refractivity (Wildman–Crippen MR) is 84.8 cm³/mol. The standard InChI is InChI=1S/C13H18N2O2S3/c1-10-7-13(19-12(10)8-14-2)20(16,17)15(3)9-11-5-4-6-18-11/h4-7,14H,8-9H2,1-3H3. The highest BCUT2D eigenvalue weighted by Gasteiger charge is 2.24. The first-order chi connectivity index (χ1) is 9.45. The van der Waals surface area contributed by atoms with E-state index in [4.69, 9.17) is 0 Å². The van der Waals surface area contributed by atoms with E-state index >= 15 is 0 Å². The summed E-state index contributed by atoms with van der Waals surface area (Å²) < 4.78 is 26.9. The number of hydrogen-bond acceptors (Lipinski definition) is 5. The molecule has 0 aliphatic heterocycles. The van der Waals surface area contributed by atoms with Gasteiger partial charge in [-0.2, -0.15) is 4.31 Å². The molecule has 0 unspecified atom stereocenters. The molecule has 0 saturated heterocycles. The molecule has 0 bridgehead atoms. The second kappa shape index (κ2) is 6.36. The number of nitrogens with zero attached hydrogens (tertiary/aromatic N) is 1. The van der Waals surface area contributed by atoms with Crippen LogP contribution in [0.1, 0.15) is 15.3 Å². The van der Waals surface area contributed by atoms with Gasteiger partial charge in [0.1, 0.15) is 4.21 Å². The Morgan fingerprint density at radius 3 is 2.75 bits per heavy atom. The molecule has 0 aliphatic rings. The van der Waals surface area contributed by atoms with E-state index in [1.165, 1.54) is 15.6 Å². The minimum atomic E-state index is -3.40. The van der Waals surface area contributed by atoms with Gasteiger partial charge in [0, 0.05) is 29.9 Å². The number of sulfonamides is 1. The van der Waals surface area contributed by atoms with Crippen molar-refractivity contribution in [3.8, 4) is 0 Å². The van der Waals surface area contributed by atoms with Crippen LogP contribution in [-0.2, 0) is 23.1 Å². The average Bonchev–Trinajstić information content (AvgIpc) is 3.01. The molecule has 2 aromatic heterocycles. The molecule has 0 atom stereocenters. The number of nitrogens with one attached hydrogen (secondary N) is 1. The fraction of sp³-hybridized carbons (Fsp3) is 0.385. The van der Waals surface area contributed by atoms with Crippen LogP contribution < -0.4 is 5.32 Å². The maximum Gasteiger partial charge on any atom is 0.252 e. The van der Waals surface area contributed by atoms with Gasteiger partial charge in [0.2, 0.25) is 0 Å². The summed E-state index contributed by atoms with van der Waals surface area (Å²) in [4.78, 5) is 2.11. The van der Waals surface area contributed by atoms with Crippen LogP contribution in [0.5, 0.6) is 0 Å². The van der Waals surface area contributed by atoms with Crippen LogP contribution >= 0.6 is 22.7 Å². The van der Waals surface area contributed by atoms with Gasteiger partial charge >= 0.3 is 0 Å². The molecule has 2 rings (SSSR count). The van der Waals surface area contributed by atoms with Gasteiger partial charge in [0.25, 0.3) is 10.0 Å². The maximum atomic E-state index is 12.5. The highest BCUT2D eigenvalue weighted by molar-refractivity contribution is 7.91. The van der Waals surface area contributed by atoms with Crippen molar-refractivity contribution in [1.29, 1.82) is 0 Å². The summed E-state index contributed by atoms with van der Waals surface area (Å²) in [5.74, 6) is 0. The quantitative estimate of drug-likeness (QED) is 0.886. The second-order valence-corrected chi connectivity index (χ2v) is 8.98. The Morgan fingerprint density at radius 2 is 2.15 bits per heavy atom. The zero-order valence-electron chi connectivity index (χ0n) is 11.7. The third-order valence-corrected chi connectivity index (χ3v) is 7.31. The highest BCUT2D eigenvalue weighted by atomic mass is 32.2. The van der Waals surface area contributed by atoms with Crippen LogP contribution in [0, 0.1) is 6.92 Å². The van der Waals surface area contributed by atoms with Gasteiger partial charge in [-0.1, -0.05) is 6.07 Å². The number of aryl methyl sites for hydroxylation is 1. The highest BCUT2D eigenvalue weighted by Crippen LogP contribution is 2.29. The van der Waals surface area contributed by atoms with Gasteiger partial charge in [-0.25, -0.2) is 8.42 Å². The van der Waals surface area contributed by atoms with Gasteiger partial charge in [-0.05, 0) is 37.0 Å². The Bertz CT molecular complexity index is 660. The fourth-order valence-electron chi connectivity index (χ4n) is 1.81. The van der Waals surface area contributed by atoms with Crippen molar-refractivity contribution in [2.45, 2.75) is 24.2 Å². The molecular formula is C13H18N2O2S3. The Labute approximate surface area is 128 Å². The molecule has 2 aromatic rings. The first-order valence-corrected chi connectivity index (χ1v) is 9.31. The van der Waals surface area contributed by atoms with Crippen molar-refractivity contribution in [3.05, 3.63) is 38.9 Å². The molecule has 0 spiro atoms. The molecule has 0 aliphatic carbocycles. The first kappa shape index (κ1) is 15.7. The summed E-state index contributed by atoms with van der Waals surface area (Å²) >= 11 is 2.91. The third-order valence-electron chi connectivity index (χ3n) is 2.96. The Morgan fingerprint density at radius 1 is 1.40 bits per heavy atom. The summed E-state index contributed by atoms with van der Waals surface area (Å²) in [5.41, 5.74) is 1.02. The summed E-state index contributed by atoms with van der Waals surface area (Å²) in [6.07, 6.45) is 0. The van der Waals surface area contributed by atoms with Crippen molar-refractivity contribution in [2.24, 2.45) is 0 Å². The Balaban J connectivity index is 2.23. The van der Waals surface area contributed by atoms with Crippen LogP contribution in [0.4, 0.5) is 0 Å². The lowest BCUT2D eigenvalue weighted by Crippen LogP contribution is -2.25. The van der Waals surface area contributed by atoms with Crippen molar-refractivity contribution in [1.82, 2.24) is 9.62 Å². The smallest absolute Gasteiger partial charge is 0.252 e. The van der Waals surface area contributed by atoms with Gasteiger partial charge in [0.15, 0.2) is 0 Å². The zero-order chi connectivity index (χ0) is 14.8. The van der Waals surface area contributed by atoms with E-state index in [0.717, 1.165) is 15.3 Å². The molecule has 2 heterocycles. The lowest BCUT2D eigenvalue weighted by atomic mass is 10.3. The topological polar surface area (TPSA) is 49.4 Å². The van der Waals surface area contributed by atoms with E-state index in [0.29, 0.717) is 17.3 Å². The molecule has 0 saturated carbocycles. The predicted octanol–water partition coefficient (Wildman–Crippen LogP) is 2.66. The largest absolute Gasteiger partial charge is 0.315 e. The number of hydrogen-bond donors (Lipinski definition) is 1. The fourth-order valence-corrected chi connectivity index (χ4v) is 5.61.